The zero-order chi connectivity index (χ0) is 10.3. The summed E-state index contributed by atoms with van der Waals surface area (Å²) in [5.41, 5.74) is 5.41. The zero-order valence-corrected chi connectivity index (χ0v) is 8.64. The third kappa shape index (κ3) is 1.30. The molecule has 1 aromatic carbocycles. The third-order valence-electron chi connectivity index (χ3n) is 2.82. The zero-order valence-electron chi connectivity index (χ0n) is 8.64. The molecule has 0 N–H and O–H groups in total. The van der Waals surface area contributed by atoms with E-state index < -0.39 is 0 Å². The minimum Gasteiger partial charge on any atom is -0.306 e. The Morgan fingerprint density at radius 2 is 2.27 bits per heavy atom. The molecule has 3 rings (SSSR count). The topological polar surface area (TPSA) is 17.8 Å². The normalized spacial score (nSPS) is 13.8. The average Bonchev–Trinajstić information content (AvgIpc) is 2.82. The van der Waals surface area contributed by atoms with E-state index in [1.54, 1.807) is 0 Å². The van der Waals surface area contributed by atoms with Crippen molar-refractivity contribution in [2.24, 2.45) is 0 Å². The van der Waals surface area contributed by atoms with Gasteiger partial charge in [-0.25, -0.2) is 4.98 Å². The van der Waals surface area contributed by atoms with Crippen LogP contribution in [0.4, 0.5) is 0 Å². The van der Waals surface area contributed by atoms with E-state index in [9.17, 15) is 0 Å². The lowest BCUT2D eigenvalue weighted by molar-refractivity contribution is 1.05. The predicted octanol–water partition coefficient (Wildman–Crippen LogP) is 2.83. The summed E-state index contributed by atoms with van der Waals surface area (Å²) in [6.45, 7) is 2.18. The number of nitrogens with zero attached hydrogens (tertiary/aromatic N) is 2. The largest absolute Gasteiger partial charge is 0.306 e. The first kappa shape index (κ1) is 8.48. The van der Waals surface area contributed by atoms with Gasteiger partial charge in [0.25, 0.3) is 0 Å². The minimum absolute atomic E-state index is 1.08. The monoisotopic (exact) mass is 196 g/mol. The molecule has 2 aromatic rings. The summed E-state index contributed by atoms with van der Waals surface area (Å²) in [6, 6.07) is 6.44. The Hall–Kier alpha value is -1.83. The van der Waals surface area contributed by atoms with Gasteiger partial charge >= 0.3 is 0 Å². The van der Waals surface area contributed by atoms with Gasteiger partial charge < -0.3 is 4.57 Å². The van der Waals surface area contributed by atoms with Crippen LogP contribution in [0.15, 0.2) is 42.5 Å². The summed E-state index contributed by atoms with van der Waals surface area (Å²) >= 11 is 0. The number of benzene rings is 1. The quantitative estimate of drug-likeness (QED) is 0.685. The van der Waals surface area contributed by atoms with Crippen LogP contribution in [0.1, 0.15) is 18.1 Å². The van der Waals surface area contributed by atoms with Crippen LogP contribution in [-0.4, -0.2) is 9.55 Å². The van der Waals surface area contributed by atoms with Gasteiger partial charge in [-0.2, -0.15) is 0 Å². The highest BCUT2D eigenvalue weighted by Gasteiger charge is 2.13. The van der Waals surface area contributed by atoms with Crippen LogP contribution in [-0.2, 0) is 6.42 Å². The van der Waals surface area contributed by atoms with Crippen LogP contribution in [0.3, 0.4) is 0 Å². The lowest BCUT2D eigenvalue weighted by Gasteiger charge is -2.07. The summed E-state index contributed by atoms with van der Waals surface area (Å²) in [5.74, 6) is 0. The molecule has 2 heteroatoms. The van der Waals surface area contributed by atoms with Crippen molar-refractivity contribution in [3.8, 4) is 5.69 Å². The van der Waals surface area contributed by atoms with Crippen LogP contribution < -0.4 is 0 Å². The Morgan fingerprint density at radius 3 is 3.07 bits per heavy atom. The van der Waals surface area contributed by atoms with E-state index in [4.69, 9.17) is 0 Å². The number of rotatable bonds is 1. The number of imidazole rings is 1. The predicted molar refractivity (Wildman–Crippen MR) is 60.9 cm³/mol. The van der Waals surface area contributed by atoms with Crippen molar-refractivity contribution >= 4 is 6.08 Å². The van der Waals surface area contributed by atoms with E-state index in [2.05, 4.69) is 40.7 Å². The Kier molecular flexibility index (Phi) is 1.75. The van der Waals surface area contributed by atoms with Gasteiger partial charge in [0.15, 0.2) is 0 Å². The molecular formula is C13H12N2. The van der Waals surface area contributed by atoms with Crippen molar-refractivity contribution in [3.63, 3.8) is 0 Å². The van der Waals surface area contributed by atoms with Crippen molar-refractivity contribution in [1.82, 2.24) is 9.55 Å². The molecule has 0 saturated carbocycles. The molecule has 1 aliphatic rings. The first-order valence-electron chi connectivity index (χ1n) is 5.12. The second-order valence-corrected chi connectivity index (χ2v) is 3.99. The molecule has 1 aromatic heterocycles. The number of allylic oxidation sites excluding steroid dienone is 1. The van der Waals surface area contributed by atoms with Gasteiger partial charge in [-0.3, -0.25) is 0 Å². The van der Waals surface area contributed by atoms with E-state index in [1.807, 2.05) is 18.7 Å². The molecule has 0 spiro atoms. The Labute approximate surface area is 88.9 Å². The number of fused-ring (bicyclic) bond motifs is 1. The molecule has 74 valence electrons. The SMILES string of the molecule is CC1=Cc2c(cccc2-n2ccnc2)C1. The second kappa shape index (κ2) is 3.09. The summed E-state index contributed by atoms with van der Waals surface area (Å²) < 4.78 is 2.06. The lowest BCUT2D eigenvalue weighted by atomic mass is 10.1. The highest BCUT2D eigenvalue weighted by molar-refractivity contribution is 5.70. The fourth-order valence-electron chi connectivity index (χ4n) is 2.14. The van der Waals surface area contributed by atoms with E-state index in [0.29, 0.717) is 0 Å². The van der Waals surface area contributed by atoms with Gasteiger partial charge in [-0.1, -0.05) is 23.8 Å². The molecule has 15 heavy (non-hydrogen) atoms. The second-order valence-electron chi connectivity index (χ2n) is 3.99. The van der Waals surface area contributed by atoms with Gasteiger partial charge in [-0.15, -0.1) is 0 Å². The molecule has 0 fully saturated rings. The molecule has 2 nitrogen and oxygen atoms in total. The first-order chi connectivity index (χ1) is 7.34. The molecule has 0 radical (unpaired) electrons. The molecule has 0 unspecified atom stereocenters. The standard InChI is InChI=1S/C13H12N2/c1-10-7-11-3-2-4-13(12(11)8-10)15-6-5-14-9-15/h2-6,8-9H,7H2,1H3. The van der Waals surface area contributed by atoms with Crippen molar-refractivity contribution in [2.45, 2.75) is 13.3 Å². The maximum absolute atomic E-state index is 4.09. The molecule has 0 aliphatic heterocycles. The van der Waals surface area contributed by atoms with E-state index in [-0.39, 0.29) is 0 Å². The summed E-state index contributed by atoms with van der Waals surface area (Å²) in [6.07, 6.45) is 8.99. The Bertz CT molecular complexity index is 521. The minimum atomic E-state index is 1.08. The number of hydrogen-bond acceptors (Lipinski definition) is 1. The van der Waals surface area contributed by atoms with Gasteiger partial charge in [0, 0.05) is 18.0 Å². The summed E-state index contributed by atoms with van der Waals surface area (Å²) in [5, 5.41) is 0. The number of aromatic nitrogens is 2. The van der Waals surface area contributed by atoms with Crippen LogP contribution in [0.5, 0.6) is 0 Å². The van der Waals surface area contributed by atoms with Crippen LogP contribution >= 0.6 is 0 Å². The maximum atomic E-state index is 4.09. The fourth-order valence-corrected chi connectivity index (χ4v) is 2.14. The molecular weight excluding hydrogens is 184 g/mol. The molecule has 0 saturated heterocycles. The lowest BCUT2D eigenvalue weighted by Crippen LogP contribution is -1.94. The van der Waals surface area contributed by atoms with Gasteiger partial charge in [-0.05, 0) is 25.0 Å². The molecule has 1 heterocycles. The van der Waals surface area contributed by atoms with E-state index in [0.717, 1.165) is 6.42 Å². The van der Waals surface area contributed by atoms with Crippen molar-refractivity contribution in [3.05, 3.63) is 53.6 Å². The Morgan fingerprint density at radius 1 is 1.33 bits per heavy atom. The van der Waals surface area contributed by atoms with Crippen LogP contribution in [0, 0.1) is 0 Å². The number of hydrogen-bond donors (Lipinski definition) is 0. The first-order valence-corrected chi connectivity index (χ1v) is 5.12. The molecule has 0 bridgehead atoms. The molecule has 1 aliphatic carbocycles. The van der Waals surface area contributed by atoms with E-state index in [1.165, 1.54) is 22.4 Å². The summed E-state index contributed by atoms with van der Waals surface area (Å²) in [7, 11) is 0. The van der Waals surface area contributed by atoms with E-state index >= 15 is 0 Å². The van der Waals surface area contributed by atoms with Crippen molar-refractivity contribution < 1.29 is 0 Å². The maximum Gasteiger partial charge on any atom is 0.0991 e. The highest BCUT2D eigenvalue weighted by atomic mass is 15.0. The summed E-state index contributed by atoms with van der Waals surface area (Å²) in [4.78, 5) is 4.09. The molecule has 0 amide bonds. The Balaban J connectivity index is 2.22. The van der Waals surface area contributed by atoms with Crippen LogP contribution in [0.2, 0.25) is 0 Å². The van der Waals surface area contributed by atoms with Crippen molar-refractivity contribution in [2.75, 3.05) is 0 Å². The highest BCUT2D eigenvalue weighted by Crippen LogP contribution is 2.29. The van der Waals surface area contributed by atoms with Crippen LogP contribution in [0.25, 0.3) is 11.8 Å². The fraction of sp³-hybridized carbons (Fsp3) is 0.154. The van der Waals surface area contributed by atoms with Gasteiger partial charge in [0.2, 0.25) is 0 Å². The average molecular weight is 196 g/mol. The van der Waals surface area contributed by atoms with Gasteiger partial charge in [0.05, 0.1) is 12.0 Å². The third-order valence-corrected chi connectivity index (χ3v) is 2.82. The van der Waals surface area contributed by atoms with Gasteiger partial charge in [0.1, 0.15) is 0 Å². The molecule has 0 atom stereocenters. The smallest absolute Gasteiger partial charge is 0.0991 e. The van der Waals surface area contributed by atoms with Crippen molar-refractivity contribution in [1.29, 1.82) is 0 Å².